The fraction of sp³-hybridized carbons (Fsp3) is 0.929. The summed E-state index contributed by atoms with van der Waals surface area (Å²) in [4.78, 5) is 14.1. The van der Waals surface area contributed by atoms with Crippen molar-refractivity contribution < 1.29 is 17.9 Å². The van der Waals surface area contributed by atoms with Crippen LogP contribution in [0, 0.1) is 5.41 Å². The Morgan fingerprint density at radius 3 is 2.71 bits per heavy atom. The summed E-state index contributed by atoms with van der Waals surface area (Å²) in [5.41, 5.74) is 0.132. The maximum atomic E-state index is 12.3. The third-order valence-corrected chi connectivity index (χ3v) is 6.34. The average Bonchev–Trinajstić information content (AvgIpc) is 2.60. The van der Waals surface area contributed by atoms with Crippen LogP contribution in [0.4, 0.5) is 4.79 Å². The Balaban J connectivity index is 1.89. The van der Waals surface area contributed by atoms with Gasteiger partial charge in [-0.05, 0) is 19.8 Å². The van der Waals surface area contributed by atoms with E-state index >= 15 is 0 Å². The Bertz CT molecular complexity index is 473. The van der Waals surface area contributed by atoms with Crippen LogP contribution >= 0.6 is 0 Å². The molecule has 1 aliphatic carbocycles. The van der Waals surface area contributed by atoms with Gasteiger partial charge in [-0.2, -0.15) is 0 Å². The van der Waals surface area contributed by atoms with Crippen molar-refractivity contribution in [3.05, 3.63) is 0 Å². The summed E-state index contributed by atoms with van der Waals surface area (Å²) in [5.74, 6) is 0.0958. The maximum Gasteiger partial charge on any atom is 0.317 e. The highest BCUT2D eigenvalue weighted by molar-refractivity contribution is 7.91. The predicted molar refractivity (Wildman–Crippen MR) is 81.0 cm³/mol. The first-order valence-corrected chi connectivity index (χ1v) is 9.52. The second kappa shape index (κ2) is 6.52. The lowest BCUT2D eigenvalue weighted by atomic mass is 9.69. The van der Waals surface area contributed by atoms with E-state index in [1.165, 1.54) is 6.42 Å². The quantitative estimate of drug-likeness (QED) is 0.840. The Labute approximate surface area is 127 Å². The molecule has 6 nitrogen and oxygen atoms in total. The van der Waals surface area contributed by atoms with Crippen molar-refractivity contribution in [1.29, 1.82) is 0 Å². The topological polar surface area (TPSA) is 75.7 Å². The lowest BCUT2D eigenvalue weighted by molar-refractivity contribution is 0.0126. The minimum atomic E-state index is -3.08. The zero-order valence-corrected chi connectivity index (χ0v) is 13.7. The van der Waals surface area contributed by atoms with E-state index in [0.717, 1.165) is 19.4 Å². The van der Waals surface area contributed by atoms with Crippen LogP contribution in [0.25, 0.3) is 0 Å². The third-order valence-electron chi connectivity index (χ3n) is 4.46. The highest BCUT2D eigenvalue weighted by Gasteiger charge is 2.41. The second-order valence-corrected chi connectivity index (χ2v) is 8.77. The Hall–Kier alpha value is -0.820. The lowest BCUT2D eigenvalue weighted by Gasteiger charge is -2.42. The molecule has 1 saturated carbocycles. The molecule has 2 fully saturated rings. The first kappa shape index (κ1) is 16.5. The monoisotopic (exact) mass is 318 g/mol. The number of hydrogen-bond donors (Lipinski definition) is 1. The SMILES string of the molecule is CCS(=O)(=O)C[C@H](C)NC(=O)N1CCOCC2(CCC2)C1. The second-order valence-electron chi connectivity index (χ2n) is 6.38. The number of carbonyl (C=O) groups excluding carboxylic acids is 1. The van der Waals surface area contributed by atoms with E-state index in [0.29, 0.717) is 19.7 Å². The van der Waals surface area contributed by atoms with Crippen LogP contribution in [0.15, 0.2) is 0 Å². The molecule has 2 rings (SSSR count). The van der Waals surface area contributed by atoms with Crippen molar-refractivity contribution in [3.63, 3.8) is 0 Å². The number of sulfone groups is 1. The largest absolute Gasteiger partial charge is 0.379 e. The minimum absolute atomic E-state index is 0.00920. The average molecular weight is 318 g/mol. The molecule has 21 heavy (non-hydrogen) atoms. The number of rotatable bonds is 4. The number of urea groups is 1. The summed E-state index contributed by atoms with van der Waals surface area (Å²) < 4.78 is 28.8. The lowest BCUT2D eigenvalue weighted by Crippen LogP contribution is -2.51. The molecule has 0 aromatic rings. The van der Waals surface area contributed by atoms with Gasteiger partial charge in [0.1, 0.15) is 0 Å². The number of nitrogens with one attached hydrogen (secondary N) is 1. The first-order valence-electron chi connectivity index (χ1n) is 7.69. The molecule has 1 aliphatic heterocycles. The van der Waals surface area contributed by atoms with Crippen molar-refractivity contribution in [2.24, 2.45) is 5.41 Å². The van der Waals surface area contributed by atoms with Gasteiger partial charge in [0.25, 0.3) is 0 Å². The van der Waals surface area contributed by atoms with Crippen LogP contribution in [-0.4, -0.2) is 63.2 Å². The van der Waals surface area contributed by atoms with Crippen LogP contribution in [-0.2, 0) is 14.6 Å². The van der Waals surface area contributed by atoms with Crippen LogP contribution in [0.3, 0.4) is 0 Å². The van der Waals surface area contributed by atoms with Crippen molar-refractivity contribution in [2.45, 2.75) is 39.2 Å². The van der Waals surface area contributed by atoms with E-state index in [2.05, 4.69) is 5.32 Å². The van der Waals surface area contributed by atoms with Gasteiger partial charge < -0.3 is 15.0 Å². The highest BCUT2D eigenvalue weighted by atomic mass is 32.2. The van der Waals surface area contributed by atoms with Crippen molar-refractivity contribution >= 4 is 15.9 Å². The molecular weight excluding hydrogens is 292 g/mol. The molecule has 7 heteroatoms. The van der Waals surface area contributed by atoms with Gasteiger partial charge in [0.05, 0.1) is 19.0 Å². The Morgan fingerprint density at radius 2 is 2.14 bits per heavy atom. The normalized spacial score (nSPS) is 23.2. The van der Waals surface area contributed by atoms with E-state index in [1.54, 1.807) is 18.7 Å². The van der Waals surface area contributed by atoms with Crippen molar-refractivity contribution in [2.75, 3.05) is 37.8 Å². The van der Waals surface area contributed by atoms with Gasteiger partial charge >= 0.3 is 6.03 Å². The van der Waals surface area contributed by atoms with Gasteiger partial charge in [0, 0.05) is 30.3 Å². The summed E-state index contributed by atoms with van der Waals surface area (Å²) in [7, 11) is -3.08. The molecule has 2 amide bonds. The zero-order valence-electron chi connectivity index (χ0n) is 12.9. The zero-order chi connectivity index (χ0) is 15.5. The number of nitrogens with zero attached hydrogens (tertiary/aromatic N) is 1. The summed E-state index contributed by atoms with van der Waals surface area (Å²) in [6, 6.07) is -0.547. The van der Waals surface area contributed by atoms with E-state index in [1.807, 2.05) is 0 Å². The standard InChI is InChI=1S/C14H26N2O4S/c1-3-21(18,19)9-12(2)15-13(17)16-7-8-20-11-14(10-16)5-4-6-14/h12H,3-11H2,1-2H3,(H,15,17)/t12-/m0/s1. The van der Waals surface area contributed by atoms with Gasteiger partial charge in [-0.1, -0.05) is 13.3 Å². The first-order chi connectivity index (χ1) is 9.86. The smallest absolute Gasteiger partial charge is 0.317 e. The van der Waals surface area contributed by atoms with Crippen molar-refractivity contribution in [3.8, 4) is 0 Å². The molecule has 0 radical (unpaired) electrons. The van der Waals surface area contributed by atoms with Crippen molar-refractivity contribution in [1.82, 2.24) is 10.2 Å². The molecule has 1 atom stereocenters. The predicted octanol–water partition coefficient (Wildman–Crippen LogP) is 1.02. The Kier molecular flexibility index (Phi) is 5.14. The summed E-state index contributed by atoms with van der Waals surface area (Å²) in [6.07, 6.45) is 3.41. The van der Waals surface area contributed by atoms with Crippen LogP contribution in [0.5, 0.6) is 0 Å². The van der Waals surface area contributed by atoms with E-state index in [4.69, 9.17) is 4.74 Å². The molecule has 122 valence electrons. The summed E-state index contributed by atoms with van der Waals surface area (Å²) in [5, 5.41) is 2.81. The summed E-state index contributed by atoms with van der Waals surface area (Å²) >= 11 is 0. The minimum Gasteiger partial charge on any atom is -0.379 e. The number of amides is 2. The molecule has 0 unspecified atom stereocenters. The van der Waals surface area contributed by atoms with E-state index in [-0.39, 0.29) is 29.0 Å². The van der Waals surface area contributed by atoms with Gasteiger partial charge in [0.15, 0.2) is 9.84 Å². The number of ether oxygens (including phenoxy) is 1. The molecular formula is C14H26N2O4S. The molecule has 0 aromatic heterocycles. The summed E-state index contributed by atoms with van der Waals surface area (Å²) in [6.45, 7) is 5.93. The van der Waals surface area contributed by atoms with Crippen LogP contribution in [0.1, 0.15) is 33.1 Å². The van der Waals surface area contributed by atoms with Gasteiger partial charge in [0.2, 0.25) is 0 Å². The molecule has 0 bridgehead atoms. The highest BCUT2D eigenvalue weighted by Crippen LogP contribution is 2.42. The van der Waals surface area contributed by atoms with Gasteiger partial charge in [-0.25, -0.2) is 13.2 Å². The van der Waals surface area contributed by atoms with Gasteiger partial charge in [-0.3, -0.25) is 0 Å². The fourth-order valence-electron chi connectivity index (χ4n) is 2.99. The van der Waals surface area contributed by atoms with Crippen LogP contribution < -0.4 is 5.32 Å². The number of hydrogen-bond acceptors (Lipinski definition) is 4. The fourth-order valence-corrected chi connectivity index (χ4v) is 4.07. The third kappa shape index (κ3) is 4.32. The molecule has 1 heterocycles. The van der Waals surface area contributed by atoms with E-state index in [9.17, 15) is 13.2 Å². The van der Waals surface area contributed by atoms with Gasteiger partial charge in [-0.15, -0.1) is 0 Å². The maximum absolute atomic E-state index is 12.3. The molecule has 1 N–H and O–H groups in total. The van der Waals surface area contributed by atoms with Crippen LogP contribution in [0.2, 0.25) is 0 Å². The molecule has 1 spiro atoms. The molecule has 2 aliphatic rings. The Morgan fingerprint density at radius 1 is 1.43 bits per heavy atom. The van der Waals surface area contributed by atoms with E-state index < -0.39 is 9.84 Å². The molecule has 0 aromatic carbocycles. The number of carbonyl (C=O) groups is 1. The molecule has 1 saturated heterocycles.